The van der Waals surface area contributed by atoms with Crippen molar-refractivity contribution in [1.82, 2.24) is 0 Å². The summed E-state index contributed by atoms with van der Waals surface area (Å²) in [6.07, 6.45) is -0.223. The van der Waals surface area contributed by atoms with Crippen molar-refractivity contribution in [2.24, 2.45) is 0 Å². The Labute approximate surface area is 109 Å². The number of nitrogens with zero attached hydrogens (tertiary/aromatic N) is 2. The standard InChI is InChI=1S/C13H12N2O4/c14-7-9-2-1-3-10(6-9)15-11(4-5-12(16)17)8-19-13(15)18/h1-3,6,11H,4-5,8H2,(H,16,17). The van der Waals surface area contributed by atoms with Crippen LogP contribution in [0, 0.1) is 11.3 Å². The van der Waals surface area contributed by atoms with Crippen LogP contribution in [0.2, 0.25) is 0 Å². The fourth-order valence-electron chi connectivity index (χ4n) is 2.00. The molecule has 6 heteroatoms. The number of ether oxygens (including phenoxy) is 1. The Bertz CT molecular complexity index is 550. The summed E-state index contributed by atoms with van der Waals surface area (Å²) in [7, 11) is 0. The molecule has 1 heterocycles. The Morgan fingerprint density at radius 3 is 3.05 bits per heavy atom. The summed E-state index contributed by atoms with van der Waals surface area (Å²) in [5.74, 6) is -0.912. The Hall–Kier alpha value is -2.55. The molecule has 1 saturated heterocycles. The lowest BCUT2D eigenvalue weighted by Gasteiger charge is -2.20. The van der Waals surface area contributed by atoms with E-state index in [2.05, 4.69) is 0 Å². The maximum absolute atomic E-state index is 11.7. The van der Waals surface area contributed by atoms with Crippen LogP contribution < -0.4 is 4.90 Å². The second-order valence-electron chi connectivity index (χ2n) is 4.20. The first-order chi connectivity index (χ1) is 9.11. The first kappa shape index (κ1) is 12.9. The first-order valence-corrected chi connectivity index (χ1v) is 5.80. The summed E-state index contributed by atoms with van der Waals surface area (Å²) in [5.41, 5.74) is 0.992. The molecule has 0 aliphatic carbocycles. The molecule has 1 aromatic rings. The lowest BCUT2D eigenvalue weighted by Crippen LogP contribution is -2.33. The summed E-state index contributed by atoms with van der Waals surface area (Å²) in [6.45, 7) is 0.170. The van der Waals surface area contributed by atoms with Crippen LogP contribution in [0.5, 0.6) is 0 Å². The zero-order valence-corrected chi connectivity index (χ0v) is 10.1. The number of carbonyl (C=O) groups is 2. The van der Waals surface area contributed by atoms with Gasteiger partial charge in [0, 0.05) is 12.1 Å². The number of aliphatic carboxylic acids is 1. The van der Waals surface area contributed by atoms with Gasteiger partial charge in [-0.1, -0.05) is 6.07 Å². The zero-order chi connectivity index (χ0) is 13.8. The smallest absolute Gasteiger partial charge is 0.414 e. The normalized spacial score (nSPS) is 17.9. The Kier molecular flexibility index (Phi) is 3.66. The largest absolute Gasteiger partial charge is 0.481 e. The number of carboxylic acids is 1. The summed E-state index contributed by atoms with van der Waals surface area (Å²) >= 11 is 0. The van der Waals surface area contributed by atoms with E-state index < -0.39 is 12.1 Å². The second kappa shape index (κ2) is 5.40. The van der Waals surface area contributed by atoms with E-state index in [0.717, 1.165) is 0 Å². The number of hydrogen-bond donors (Lipinski definition) is 1. The number of nitriles is 1. The predicted octanol–water partition coefficient (Wildman–Crippen LogP) is 1.75. The van der Waals surface area contributed by atoms with Crippen molar-refractivity contribution in [3.05, 3.63) is 29.8 Å². The Morgan fingerprint density at radius 2 is 2.37 bits per heavy atom. The molecule has 6 nitrogen and oxygen atoms in total. The molecular weight excluding hydrogens is 248 g/mol. The fourth-order valence-corrected chi connectivity index (χ4v) is 2.00. The quantitative estimate of drug-likeness (QED) is 0.890. The molecule has 0 bridgehead atoms. The molecule has 0 aromatic heterocycles. The topological polar surface area (TPSA) is 90.6 Å². The molecule has 0 radical (unpaired) electrons. The second-order valence-corrected chi connectivity index (χ2v) is 4.20. The average molecular weight is 260 g/mol. The van der Waals surface area contributed by atoms with Crippen molar-refractivity contribution < 1.29 is 19.4 Å². The molecule has 1 fully saturated rings. The van der Waals surface area contributed by atoms with E-state index in [1.165, 1.54) is 4.90 Å². The molecule has 98 valence electrons. The van der Waals surface area contributed by atoms with E-state index in [9.17, 15) is 9.59 Å². The van der Waals surface area contributed by atoms with Crippen LogP contribution in [0.4, 0.5) is 10.5 Å². The molecule has 1 aliphatic rings. The van der Waals surface area contributed by atoms with Gasteiger partial charge in [0.05, 0.1) is 17.7 Å². The number of cyclic esters (lactones) is 1. The highest BCUT2D eigenvalue weighted by atomic mass is 16.6. The number of amides is 1. The zero-order valence-electron chi connectivity index (χ0n) is 10.1. The Morgan fingerprint density at radius 1 is 1.58 bits per heavy atom. The van der Waals surface area contributed by atoms with Gasteiger partial charge >= 0.3 is 12.1 Å². The van der Waals surface area contributed by atoms with Crippen molar-refractivity contribution in [2.75, 3.05) is 11.5 Å². The monoisotopic (exact) mass is 260 g/mol. The highest BCUT2D eigenvalue weighted by molar-refractivity contribution is 5.90. The molecule has 1 aliphatic heterocycles. The third-order valence-corrected chi connectivity index (χ3v) is 2.91. The van der Waals surface area contributed by atoms with Crippen molar-refractivity contribution in [3.63, 3.8) is 0 Å². The summed E-state index contributed by atoms with van der Waals surface area (Å²) in [4.78, 5) is 23.7. The molecular formula is C13H12N2O4. The number of hydrogen-bond acceptors (Lipinski definition) is 4. The SMILES string of the molecule is N#Cc1cccc(N2C(=O)OCC2CCC(=O)O)c1. The first-order valence-electron chi connectivity index (χ1n) is 5.80. The van der Waals surface area contributed by atoms with Gasteiger partial charge in [-0.3, -0.25) is 9.69 Å². The lowest BCUT2D eigenvalue weighted by atomic mass is 10.1. The van der Waals surface area contributed by atoms with Gasteiger partial charge in [-0.25, -0.2) is 4.79 Å². The summed E-state index contributed by atoms with van der Waals surface area (Å²) < 4.78 is 4.95. The number of rotatable bonds is 4. The van der Waals surface area contributed by atoms with E-state index in [1.54, 1.807) is 24.3 Å². The van der Waals surface area contributed by atoms with Gasteiger partial charge in [0.25, 0.3) is 0 Å². The third kappa shape index (κ3) is 2.83. The van der Waals surface area contributed by atoms with E-state index in [1.807, 2.05) is 6.07 Å². The maximum Gasteiger partial charge on any atom is 0.414 e. The van der Waals surface area contributed by atoms with E-state index in [4.69, 9.17) is 15.1 Å². The number of carboxylic acid groups (broad SMARTS) is 1. The van der Waals surface area contributed by atoms with Crippen LogP contribution in [-0.2, 0) is 9.53 Å². The molecule has 2 rings (SSSR count). The van der Waals surface area contributed by atoms with Crippen molar-refractivity contribution >= 4 is 17.7 Å². The van der Waals surface area contributed by atoms with Crippen LogP contribution >= 0.6 is 0 Å². The van der Waals surface area contributed by atoms with Crippen LogP contribution in [0.1, 0.15) is 18.4 Å². The summed E-state index contributed by atoms with van der Waals surface area (Å²) in [6, 6.07) is 8.28. The molecule has 19 heavy (non-hydrogen) atoms. The van der Waals surface area contributed by atoms with Gasteiger partial charge in [0.2, 0.25) is 0 Å². The van der Waals surface area contributed by atoms with Crippen LogP contribution in [0.15, 0.2) is 24.3 Å². The van der Waals surface area contributed by atoms with Crippen LogP contribution in [0.25, 0.3) is 0 Å². The number of carbonyl (C=O) groups excluding carboxylic acids is 1. The van der Waals surface area contributed by atoms with Gasteiger partial charge in [0.15, 0.2) is 0 Å². The van der Waals surface area contributed by atoms with Gasteiger partial charge in [-0.2, -0.15) is 5.26 Å². The molecule has 1 atom stereocenters. The van der Waals surface area contributed by atoms with Crippen LogP contribution in [0.3, 0.4) is 0 Å². The van der Waals surface area contributed by atoms with E-state index in [0.29, 0.717) is 17.7 Å². The Balaban J connectivity index is 2.21. The maximum atomic E-state index is 11.7. The molecule has 1 aromatic carbocycles. The molecule has 1 amide bonds. The van der Waals surface area contributed by atoms with E-state index >= 15 is 0 Å². The minimum absolute atomic E-state index is 0.0320. The fraction of sp³-hybridized carbons (Fsp3) is 0.308. The molecule has 0 saturated carbocycles. The molecule has 1 N–H and O–H groups in total. The number of anilines is 1. The van der Waals surface area contributed by atoms with E-state index in [-0.39, 0.29) is 19.1 Å². The van der Waals surface area contributed by atoms with Gasteiger partial charge < -0.3 is 9.84 Å². The molecule has 1 unspecified atom stereocenters. The average Bonchev–Trinajstić information content (AvgIpc) is 2.77. The highest BCUT2D eigenvalue weighted by Crippen LogP contribution is 2.26. The van der Waals surface area contributed by atoms with Gasteiger partial charge in [0.1, 0.15) is 6.61 Å². The summed E-state index contributed by atoms with van der Waals surface area (Å²) in [5, 5.41) is 17.5. The van der Waals surface area contributed by atoms with Crippen molar-refractivity contribution in [1.29, 1.82) is 5.26 Å². The van der Waals surface area contributed by atoms with Crippen molar-refractivity contribution in [3.8, 4) is 6.07 Å². The minimum Gasteiger partial charge on any atom is -0.481 e. The molecule has 0 spiro atoms. The highest BCUT2D eigenvalue weighted by Gasteiger charge is 2.34. The number of benzene rings is 1. The van der Waals surface area contributed by atoms with Crippen LogP contribution in [-0.4, -0.2) is 29.8 Å². The predicted molar refractivity (Wildman–Crippen MR) is 65.6 cm³/mol. The lowest BCUT2D eigenvalue weighted by molar-refractivity contribution is -0.137. The van der Waals surface area contributed by atoms with Gasteiger partial charge in [-0.15, -0.1) is 0 Å². The van der Waals surface area contributed by atoms with Crippen molar-refractivity contribution in [2.45, 2.75) is 18.9 Å². The third-order valence-electron chi connectivity index (χ3n) is 2.91. The van der Waals surface area contributed by atoms with Gasteiger partial charge in [-0.05, 0) is 24.6 Å². The minimum atomic E-state index is -0.912.